The number of nitrogens with zero attached hydrogens (tertiary/aromatic N) is 1. The number of nitrogen functional groups attached to an aromatic ring is 1. The average Bonchev–Trinajstić information content (AvgIpc) is 2.31. The molecule has 1 aromatic carbocycles. The SMILES string of the molecule is Cc1cc(N)c(S(=O)(=O)NCC2(N(C)C)CCC2)cc1C. The van der Waals surface area contributed by atoms with Gasteiger partial charge in [-0.2, -0.15) is 0 Å². The van der Waals surface area contributed by atoms with Crippen LogP contribution in [0.4, 0.5) is 5.69 Å². The molecule has 1 saturated carbocycles. The van der Waals surface area contributed by atoms with E-state index < -0.39 is 10.0 Å². The second-order valence-corrected chi connectivity index (χ2v) is 8.01. The highest BCUT2D eigenvalue weighted by Gasteiger charge is 2.40. The minimum Gasteiger partial charge on any atom is -0.398 e. The van der Waals surface area contributed by atoms with E-state index in [1.807, 2.05) is 27.9 Å². The number of anilines is 1. The number of nitrogens with one attached hydrogen (secondary N) is 1. The number of rotatable bonds is 5. The molecule has 0 aliphatic heterocycles. The van der Waals surface area contributed by atoms with E-state index in [2.05, 4.69) is 9.62 Å². The Morgan fingerprint density at radius 3 is 2.29 bits per heavy atom. The summed E-state index contributed by atoms with van der Waals surface area (Å²) in [5.74, 6) is 0. The lowest BCUT2D eigenvalue weighted by atomic mass is 9.76. The Hall–Kier alpha value is -1.11. The standard InChI is InChI=1S/C15H25N3O2S/c1-11-8-13(16)14(9-12(11)2)21(19,20)17-10-15(18(3)4)6-5-7-15/h8-9,17H,5-7,10,16H2,1-4H3. The van der Waals surface area contributed by atoms with E-state index in [0.29, 0.717) is 12.2 Å². The van der Waals surface area contributed by atoms with Crippen LogP contribution in [0.1, 0.15) is 30.4 Å². The quantitative estimate of drug-likeness (QED) is 0.811. The van der Waals surface area contributed by atoms with Crippen molar-refractivity contribution in [3.05, 3.63) is 23.3 Å². The first-order chi connectivity index (χ1) is 9.68. The summed E-state index contributed by atoms with van der Waals surface area (Å²) in [7, 11) is 0.421. The molecule has 0 radical (unpaired) electrons. The second kappa shape index (κ2) is 5.59. The van der Waals surface area contributed by atoms with E-state index in [-0.39, 0.29) is 10.4 Å². The molecule has 0 spiro atoms. The summed E-state index contributed by atoms with van der Waals surface area (Å²) in [6.07, 6.45) is 3.18. The Kier molecular flexibility index (Phi) is 4.33. The van der Waals surface area contributed by atoms with Gasteiger partial charge in [-0.3, -0.25) is 0 Å². The van der Waals surface area contributed by atoms with Crippen molar-refractivity contribution in [2.24, 2.45) is 0 Å². The molecular weight excluding hydrogens is 286 g/mol. The molecule has 21 heavy (non-hydrogen) atoms. The number of benzene rings is 1. The van der Waals surface area contributed by atoms with Gasteiger partial charge in [0.25, 0.3) is 0 Å². The maximum Gasteiger partial charge on any atom is 0.242 e. The van der Waals surface area contributed by atoms with Gasteiger partial charge in [-0.25, -0.2) is 13.1 Å². The zero-order chi connectivity index (χ0) is 15.8. The van der Waals surface area contributed by atoms with E-state index in [1.165, 1.54) is 0 Å². The maximum absolute atomic E-state index is 12.5. The summed E-state index contributed by atoms with van der Waals surface area (Å²) in [5.41, 5.74) is 8.06. The van der Waals surface area contributed by atoms with Gasteiger partial charge in [0, 0.05) is 12.1 Å². The third kappa shape index (κ3) is 3.07. The van der Waals surface area contributed by atoms with Crippen molar-refractivity contribution in [2.45, 2.75) is 43.5 Å². The van der Waals surface area contributed by atoms with Crippen LogP contribution < -0.4 is 10.5 Å². The summed E-state index contributed by atoms with van der Waals surface area (Å²) in [4.78, 5) is 2.29. The molecule has 0 aromatic heterocycles. The number of likely N-dealkylation sites (N-methyl/N-ethyl adjacent to an activating group) is 1. The van der Waals surface area contributed by atoms with Crippen molar-refractivity contribution in [3.8, 4) is 0 Å². The summed E-state index contributed by atoms with van der Waals surface area (Å²) in [6, 6.07) is 3.37. The predicted molar refractivity (Wildman–Crippen MR) is 85.8 cm³/mol. The van der Waals surface area contributed by atoms with Crippen LogP contribution in [0.15, 0.2) is 17.0 Å². The molecule has 0 amide bonds. The maximum atomic E-state index is 12.5. The fourth-order valence-electron chi connectivity index (χ4n) is 2.72. The molecule has 5 nitrogen and oxygen atoms in total. The summed E-state index contributed by atoms with van der Waals surface area (Å²) in [6.45, 7) is 4.24. The number of hydrogen-bond donors (Lipinski definition) is 2. The van der Waals surface area contributed by atoms with Gasteiger partial charge in [0.15, 0.2) is 0 Å². The van der Waals surface area contributed by atoms with Crippen LogP contribution in [-0.4, -0.2) is 39.5 Å². The average molecular weight is 311 g/mol. The van der Waals surface area contributed by atoms with Gasteiger partial charge >= 0.3 is 0 Å². The fourth-order valence-corrected chi connectivity index (χ4v) is 4.03. The molecule has 118 valence electrons. The van der Waals surface area contributed by atoms with E-state index in [0.717, 1.165) is 30.4 Å². The lowest BCUT2D eigenvalue weighted by Crippen LogP contribution is -2.57. The van der Waals surface area contributed by atoms with Crippen molar-refractivity contribution < 1.29 is 8.42 Å². The lowest BCUT2D eigenvalue weighted by molar-refractivity contribution is 0.0657. The van der Waals surface area contributed by atoms with Crippen LogP contribution >= 0.6 is 0 Å². The highest BCUT2D eigenvalue weighted by Crippen LogP contribution is 2.36. The summed E-state index contributed by atoms with van der Waals surface area (Å²) in [5, 5.41) is 0. The number of aryl methyl sites for hydroxylation is 2. The fraction of sp³-hybridized carbons (Fsp3) is 0.600. The molecule has 0 bridgehead atoms. The Morgan fingerprint density at radius 2 is 1.81 bits per heavy atom. The first kappa shape index (κ1) is 16.3. The van der Waals surface area contributed by atoms with Crippen molar-refractivity contribution in [3.63, 3.8) is 0 Å². The van der Waals surface area contributed by atoms with Crippen LogP contribution in [0.2, 0.25) is 0 Å². The van der Waals surface area contributed by atoms with E-state index >= 15 is 0 Å². The van der Waals surface area contributed by atoms with Crippen LogP contribution in [0, 0.1) is 13.8 Å². The van der Waals surface area contributed by atoms with Crippen molar-refractivity contribution >= 4 is 15.7 Å². The zero-order valence-corrected chi connectivity index (χ0v) is 14.0. The highest BCUT2D eigenvalue weighted by atomic mass is 32.2. The van der Waals surface area contributed by atoms with Crippen LogP contribution in [0.3, 0.4) is 0 Å². The molecule has 0 saturated heterocycles. The molecule has 1 aromatic rings. The molecule has 2 rings (SSSR count). The van der Waals surface area contributed by atoms with Gasteiger partial charge in [0.05, 0.1) is 5.69 Å². The molecule has 0 atom stereocenters. The van der Waals surface area contributed by atoms with Gasteiger partial charge in [0.1, 0.15) is 4.90 Å². The van der Waals surface area contributed by atoms with Gasteiger partial charge in [-0.15, -0.1) is 0 Å². The van der Waals surface area contributed by atoms with Gasteiger partial charge < -0.3 is 10.6 Å². The number of hydrogen-bond acceptors (Lipinski definition) is 4. The molecule has 1 fully saturated rings. The second-order valence-electron chi connectivity index (χ2n) is 6.27. The van der Waals surface area contributed by atoms with Crippen molar-refractivity contribution in [2.75, 3.05) is 26.4 Å². The Morgan fingerprint density at radius 1 is 1.24 bits per heavy atom. The number of sulfonamides is 1. The Bertz CT molecular complexity index is 635. The van der Waals surface area contributed by atoms with E-state index in [1.54, 1.807) is 12.1 Å². The highest BCUT2D eigenvalue weighted by molar-refractivity contribution is 7.89. The van der Waals surface area contributed by atoms with Crippen LogP contribution in [-0.2, 0) is 10.0 Å². The topological polar surface area (TPSA) is 75.4 Å². The first-order valence-corrected chi connectivity index (χ1v) is 8.70. The summed E-state index contributed by atoms with van der Waals surface area (Å²) < 4.78 is 27.8. The van der Waals surface area contributed by atoms with Crippen LogP contribution in [0.25, 0.3) is 0 Å². The molecule has 3 N–H and O–H groups in total. The molecule has 0 unspecified atom stereocenters. The minimum atomic E-state index is -3.57. The van der Waals surface area contributed by atoms with Gasteiger partial charge in [-0.1, -0.05) is 0 Å². The van der Waals surface area contributed by atoms with E-state index in [4.69, 9.17) is 5.73 Å². The zero-order valence-electron chi connectivity index (χ0n) is 13.2. The monoisotopic (exact) mass is 311 g/mol. The van der Waals surface area contributed by atoms with Crippen molar-refractivity contribution in [1.29, 1.82) is 0 Å². The first-order valence-electron chi connectivity index (χ1n) is 7.22. The number of nitrogens with two attached hydrogens (primary N) is 1. The van der Waals surface area contributed by atoms with Gasteiger partial charge in [0.2, 0.25) is 10.0 Å². The molecule has 6 heteroatoms. The minimum absolute atomic E-state index is 0.0540. The van der Waals surface area contributed by atoms with Crippen molar-refractivity contribution in [1.82, 2.24) is 9.62 Å². The largest absolute Gasteiger partial charge is 0.398 e. The Labute approximate surface area is 127 Å². The third-order valence-corrected chi connectivity index (χ3v) is 6.20. The van der Waals surface area contributed by atoms with E-state index in [9.17, 15) is 8.42 Å². The molecule has 0 heterocycles. The molecule has 1 aliphatic carbocycles. The third-order valence-electron chi connectivity index (χ3n) is 4.74. The predicted octanol–water partition coefficient (Wildman–Crippen LogP) is 1.65. The molecule has 1 aliphatic rings. The smallest absolute Gasteiger partial charge is 0.242 e. The van der Waals surface area contributed by atoms with Gasteiger partial charge in [-0.05, 0) is 70.5 Å². The normalized spacial score (nSPS) is 17.8. The summed E-state index contributed by atoms with van der Waals surface area (Å²) >= 11 is 0. The van der Waals surface area contributed by atoms with Crippen LogP contribution in [0.5, 0.6) is 0 Å². The molecular formula is C15H25N3O2S. The Balaban J connectivity index is 2.21. The lowest BCUT2D eigenvalue weighted by Gasteiger charge is -2.47.